The first-order valence-electron chi connectivity index (χ1n) is 7.72. The summed E-state index contributed by atoms with van der Waals surface area (Å²) in [6.07, 6.45) is 2.01. The summed E-state index contributed by atoms with van der Waals surface area (Å²) in [5.41, 5.74) is 1.32. The van der Waals surface area contributed by atoms with E-state index in [4.69, 9.17) is 9.47 Å². The summed E-state index contributed by atoms with van der Waals surface area (Å²) >= 11 is 1.67. The number of ether oxygens (including phenoxy) is 2. The molecule has 0 unspecified atom stereocenters. The molecule has 0 saturated heterocycles. The summed E-state index contributed by atoms with van der Waals surface area (Å²) < 4.78 is 10.2. The highest BCUT2D eigenvalue weighted by atomic mass is 32.2. The van der Waals surface area contributed by atoms with Crippen LogP contribution in [0.3, 0.4) is 0 Å². The second-order valence-electron chi connectivity index (χ2n) is 5.37. The molecule has 0 fully saturated rings. The standard InChI is InChI=1S/C19H21NO4S/c1-20(12-14-8-10-15(25-3)11-9-14)18(21)13-24-19(22)16-6-4-5-7-17(16)23-2/h4-11H,12-13H2,1-3H3. The maximum atomic E-state index is 12.2. The van der Waals surface area contributed by atoms with Gasteiger partial charge >= 0.3 is 5.97 Å². The van der Waals surface area contributed by atoms with E-state index in [1.54, 1.807) is 43.1 Å². The monoisotopic (exact) mass is 359 g/mol. The predicted molar refractivity (Wildman–Crippen MR) is 98.0 cm³/mol. The highest BCUT2D eigenvalue weighted by Crippen LogP contribution is 2.18. The van der Waals surface area contributed by atoms with Crippen LogP contribution in [-0.4, -0.2) is 43.8 Å². The summed E-state index contributed by atoms with van der Waals surface area (Å²) in [5, 5.41) is 0. The summed E-state index contributed by atoms with van der Waals surface area (Å²) in [6, 6.07) is 14.7. The molecule has 1 amide bonds. The minimum atomic E-state index is -0.580. The smallest absolute Gasteiger partial charge is 0.342 e. The molecule has 0 saturated carbocycles. The zero-order chi connectivity index (χ0) is 18.2. The van der Waals surface area contributed by atoms with Crippen molar-refractivity contribution >= 4 is 23.6 Å². The fourth-order valence-corrected chi connectivity index (χ4v) is 2.63. The van der Waals surface area contributed by atoms with E-state index < -0.39 is 5.97 Å². The molecule has 2 rings (SSSR count). The molecule has 6 heteroatoms. The van der Waals surface area contributed by atoms with Crippen molar-refractivity contribution in [2.45, 2.75) is 11.4 Å². The molecule has 5 nitrogen and oxygen atoms in total. The summed E-state index contributed by atoms with van der Waals surface area (Å²) in [7, 11) is 3.16. The van der Waals surface area contributed by atoms with Gasteiger partial charge in [0.2, 0.25) is 0 Å². The van der Waals surface area contributed by atoms with Crippen molar-refractivity contribution in [2.24, 2.45) is 0 Å². The Morgan fingerprint density at radius 3 is 2.40 bits per heavy atom. The largest absolute Gasteiger partial charge is 0.496 e. The third-order valence-electron chi connectivity index (χ3n) is 3.66. The van der Waals surface area contributed by atoms with E-state index in [0.717, 1.165) is 5.56 Å². The Morgan fingerprint density at radius 1 is 1.08 bits per heavy atom. The van der Waals surface area contributed by atoms with Crippen LogP contribution in [0.15, 0.2) is 53.4 Å². The van der Waals surface area contributed by atoms with Gasteiger partial charge in [0, 0.05) is 18.5 Å². The van der Waals surface area contributed by atoms with Crippen LogP contribution < -0.4 is 4.74 Å². The lowest BCUT2D eigenvalue weighted by molar-refractivity contribution is -0.133. The third kappa shape index (κ3) is 5.26. The molecule has 0 aliphatic rings. The molecule has 0 aromatic heterocycles. The Bertz CT molecular complexity index is 730. The fourth-order valence-electron chi connectivity index (χ4n) is 2.22. The minimum absolute atomic E-state index is 0.266. The molecule has 0 bridgehead atoms. The summed E-state index contributed by atoms with van der Waals surface area (Å²) in [5.74, 6) is -0.428. The van der Waals surface area contributed by atoms with Gasteiger partial charge in [0.05, 0.1) is 7.11 Å². The lowest BCUT2D eigenvalue weighted by atomic mass is 10.2. The van der Waals surface area contributed by atoms with Gasteiger partial charge in [0.1, 0.15) is 11.3 Å². The number of esters is 1. The maximum Gasteiger partial charge on any atom is 0.342 e. The number of carbonyl (C=O) groups excluding carboxylic acids is 2. The van der Waals surface area contributed by atoms with Gasteiger partial charge in [-0.05, 0) is 36.1 Å². The van der Waals surface area contributed by atoms with Crippen molar-refractivity contribution in [1.82, 2.24) is 4.90 Å². The van der Waals surface area contributed by atoms with Crippen LogP contribution in [0.25, 0.3) is 0 Å². The van der Waals surface area contributed by atoms with Gasteiger partial charge in [-0.15, -0.1) is 11.8 Å². The molecule has 0 aliphatic carbocycles. The molecule has 0 radical (unpaired) electrons. The van der Waals surface area contributed by atoms with Crippen molar-refractivity contribution < 1.29 is 19.1 Å². The predicted octanol–water partition coefficient (Wildman–Crippen LogP) is 3.23. The van der Waals surface area contributed by atoms with E-state index in [2.05, 4.69) is 0 Å². The van der Waals surface area contributed by atoms with Crippen molar-refractivity contribution in [3.8, 4) is 5.75 Å². The highest BCUT2D eigenvalue weighted by Gasteiger charge is 2.16. The van der Waals surface area contributed by atoms with Crippen molar-refractivity contribution in [3.05, 3.63) is 59.7 Å². The lowest BCUT2D eigenvalue weighted by Gasteiger charge is -2.17. The van der Waals surface area contributed by atoms with E-state index >= 15 is 0 Å². The summed E-state index contributed by atoms with van der Waals surface area (Å²) in [4.78, 5) is 27.0. The molecule has 25 heavy (non-hydrogen) atoms. The number of amides is 1. The fraction of sp³-hybridized carbons (Fsp3) is 0.263. The van der Waals surface area contributed by atoms with Gasteiger partial charge in [-0.2, -0.15) is 0 Å². The Labute approximate surface area is 151 Å². The van der Waals surface area contributed by atoms with Gasteiger partial charge in [-0.3, -0.25) is 4.79 Å². The average Bonchev–Trinajstić information content (AvgIpc) is 2.66. The first kappa shape index (κ1) is 18.9. The van der Waals surface area contributed by atoms with Crippen LogP contribution in [0.1, 0.15) is 15.9 Å². The van der Waals surface area contributed by atoms with E-state index in [1.165, 1.54) is 16.9 Å². The topological polar surface area (TPSA) is 55.8 Å². The average molecular weight is 359 g/mol. The van der Waals surface area contributed by atoms with E-state index in [0.29, 0.717) is 17.9 Å². The highest BCUT2D eigenvalue weighted by molar-refractivity contribution is 7.98. The van der Waals surface area contributed by atoms with Crippen LogP contribution in [0.4, 0.5) is 0 Å². The van der Waals surface area contributed by atoms with Gasteiger partial charge in [0.25, 0.3) is 5.91 Å². The van der Waals surface area contributed by atoms with Crippen LogP contribution in [0.2, 0.25) is 0 Å². The SMILES string of the molecule is COc1ccccc1C(=O)OCC(=O)N(C)Cc1ccc(SC)cc1. The van der Waals surface area contributed by atoms with Crippen LogP contribution in [0, 0.1) is 0 Å². The zero-order valence-corrected chi connectivity index (χ0v) is 15.3. The normalized spacial score (nSPS) is 10.2. The van der Waals surface area contributed by atoms with Crippen LogP contribution in [-0.2, 0) is 16.1 Å². The molecule has 0 spiro atoms. The number of benzene rings is 2. The van der Waals surface area contributed by atoms with E-state index in [-0.39, 0.29) is 12.5 Å². The second kappa shape index (κ2) is 9.13. The Balaban J connectivity index is 1.89. The van der Waals surface area contributed by atoms with Crippen molar-refractivity contribution in [1.29, 1.82) is 0 Å². The van der Waals surface area contributed by atoms with E-state index in [1.807, 2.05) is 30.5 Å². The second-order valence-corrected chi connectivity index (χ2v) is 6.25. The molecule has 2 aromatic rings. The van der Waals surface area contributed by atoms with Crippen LogP contribution in [0.5, 0.6) is 5.75 Å². The molecule has 132 valence electrons. The Hall–Kier alpha value is -2.47. The molecule has 0 heterocycles. The Kier molecular flexibility index (Phi) is 6.89. The number of carbonyl (C=O) groups is 2. The number of methoxy groups -OCH3 is 1. The van der Waals surface area contributed by atoms with Crippen molar-refractivity contribution in [3.63, 3.8) is 0 Å². The maximum absolute atomic E-state index is 12.2. The molecular formula is C19H21NO4S. The molecule has 2 aromatic carbocycles. The van der Waals surface area contributed by atoms with Gasteiger partial charge < -0.3 is 14.4 Å². The first-order valence-corrected chi connectivity index (χ1v) is 8.94. The number of rotatable bonds is 7. The molecule has 0 aliphatic heterocycles. The number of likely N-dealkylation sites (N-methyl/N-ethyl adjacent to an activating group) is 1. The van der Waals surface area contributed by atoms with Gasteiger partial charge in [-0.25, -0.2) is 4.79 Å². The first-order chi connectivity index (χ1) is 12.0. The number of hydrogen-bond acceptors (Lipinski definition) is 5. The van der Waals surface area contributed by atoms with Crippen molar-refractivity contribution in [2.75, 3.05) is 27.0 Å². The number of nitrogens with zero attached hydrogens (tertiary/aromatic N) is 1. The number of hydrogen-bond donors (Lipinski definition) is 0. The van der Waals surface area contributed by atoms with Gasteiger partial charge in [0.15, 0.2) is 6.61 Å². The van der Waals surface area contributed by atoms with Gasteiger partial charge in [-0.1, -0.05) is 24.3 Å². The zero-order valence-electron chi connectivity index (χ0n) is 14.5. The lowest BCUT2D eigenvalue weighted by Crippen LogP contribution is -2.30. The summed E-state index contributed by atoms with van der Waals surface area (Å²) in [6.45, 7) is 0.149. The quantitative estimate of drug-likeness (QED) is 0.561. The minimum Gasteiger partial charge on any atom is -0.496 e. The number of para-hydroxylation sites is 1. The van der Waals surface area contributed by atoms with E-state index in [9.17, 15) is 9.59 Å². The van der Waals surface area contributed by atoms with Crippen LogP contribution >= 0.6 is 11.8 Å². The molecule has 0 atom stereocenters. The molecule has 0 N–H and O–H groups in total. The number of thioether (sulfide) groups is 1. The third-order valence-corrected chi connectivity index (χ3v) is 4.40. The Morgan fingerprint density at radius 2 is 1.76 bits per heavy atom. The molecular weight excluding hydrogens is 338 g/mol.